The molecule has 2 aromatic heterocycles. The fraction of sp³-hybridized carbons (Fsp3) is 0.444. The van der Waals surface area contributed by atoms with Crippen LogP contribution in [-0.4, -0.2) is 32.1 Å². The van der Waals surface area contributed by atoms with E-state index in [1.54, 1.807) is 31.3 Å². The Hall–Kier alpha value is -2.62. The number of benzene rings is 1. The first kappa shape index (κ1) is 20.1. The molecule has 0 saturated carbocycles. The molecule has 28 heavy (non-hydrogen) atoms. The zero-order valence-electron chi connectivity index (χ0n) is 15.7. The van der Waals surface area contributed by atoms with E-state index >= 15 is 0 Å². The molecule has 3 rings (SSSR count). The number of phenols is 1. The molecule has 0 saturated heterocycles. The highest BCUT2D eigenvalue weighted by Gasteiger charge is 2.22. The molecule has 0 unspecified atom stereocenters. The molecule has 3 aromatic rings. The van der Waals surface area contributed by atoms with Crippen molar-refractivity contribution in [2.75, 3.05) is 6.61 Å². The van der Waals surface area contributed by atoms with Gasteiger partial charge in [-0.15, -0.1) is 21.5 Å². The topological polar surface area (TPSA) is 94.2 Å². The largest absolute Gasteiger partial charge is 0.507 e. The van der Waals surface area contributed by atoms with Gasteiger partial charge in [-0.25, -0.2) is 0 Å². The fourth-order valence-electron chi connectivity index (χ4n) is 2.71. The van der Waals surface area contributed by atoms with Crippen molar-refractivity contribution in [2.24, 2.45) is 0 Å². The minimum Gasteiger partial charge on any atom is -0.507 e. The molecular formula is C18H20F2N4O3S. The number of aromatic hydroxyl groups is 1. The van der Waals surface area contributed by atoms with Crippen LogP contribution in [0.25, 0.3) is 11.4 Å². The summed E-state index contributed by atoms with van der Waals surface area (Å²) in [5.41, 5.74) is 1.44. The maximum Gasteiger partial charge on any atom is 0.315 e. The van der Waals surface area contributed by atoms with E-state index in [1.807, 2.05) is 6.92 Å². The van der Waals surface area contributed by atoms with Crippen molar-refractivity contribution in [3.8, 4) is 22.9 Å². The number of hydrogen-bond donors (Lipinski definition) is 1. The first-order chi connectivity index (χ1) is 13.4. The molecule has 0 bridgehead atoms. The van der Waals surface area contributed by atoms with Crippen LogP contribution in [0.3, 0.4) is 0 Å². The zero-order chi connectivity index (χ0) is 20.3. The van der Waals surface area contributed by atoms with Gasteiger partial charge in [-0.2, -0.15) is 13.8 Å². The van der Waals surface area contributed by atoms with Gasteiger partial charge in [0, 0.05) is 12.0 Å². The van der Waals surface area contributed by atoms with E-state index in [0.717, 1.165) is 34.8 Å². The van der Waals surface area contributed by atoms with Gasteiger partial charge in [0.1, 0.15) is 21.5 Å². The van der Waals surface area contributed by atoms with Crippen molar-refractivity contribution in [3.63, 3.8) is 0 Å². The second-order valence-electron chi connectivity index (χ2n) is 6.20. The Balaban J connectivity index is 1.69. The first-order valence-electron chi connectivity index (χ1n) is 8.80. The number of alkyl halides is 2. The molecule has 0 aliphatic heterocycles. The molecule has 0 fully saturated rings. The molecule has 1 N–H and O–H groups in total. The summed E-state index contributed by atoms with van der Waals surface area (Å²) in [7, 11) is 0. The number of aryl methyl sites for hydroxylation is 3. The van der Waals surface area contributed by atoms with Crippen LogP contribution < -0.4 is 4.74 Å². The van der Waals surface area contributed by atoms with Crippen molar-refractivity contribution in [1.29, 1.82) is 0 Å². The van der Waals surface area contributed by atoms with Crippen LogP contribution in [0, 0.1) is 13.8 Å². The standard InChI is InChI=1S/C18H20F2N4O3S/c1-4-12-22-23-13(28-12)6-5-7-26-15-9(2)8-11(14(25)10(15)3)17-21-18(16(19)20)27-24-17/h8,16,25H,4-7H2,1-3H3. The molecule has 0 radical (unpaired) electrons. The van der Waals surface area contributed by atoms with Crippen LogP contribution in [-0.2, 0) is 12.8 Å². The van der Waals surface area contributed by atoms with Gasteiger partial charge >= 0.3 is 6.43 Å². The summed E-state index contributed by atoms with van der Waals surface area (Å²) in [6.45, 7) is 5.97. The van der Waals surface area contributed by atoms with E-state index in [0.29, 0.717) is 17.9 Å². The Kier molecular flexibility index (Phi) is 6.18. The molecular weight excluding hydrogens is 390 g/mol. The third-order valence-corrected chi connectivity index (χ3v) is 5.26. The molecule has 0 spiro atoms. The number of hydrogen-bond acceptors (Lipinski definition) is 8. The number of halogens is 2. The normalized spacial score (nSPS) is 11.4. The molecule has 10 heteroatoms. The van der Waals surface area contributed by atoms with Gasteiger partial charge in [-0.05, 0) is 38.3 Å². The molecule has 0 amide bonds. The molecule has 150 valence electrons. The van der Waals surface area contributed by atoms with Crippen molar-refractivity contribution in [1.82, 2.24) is 20.3 Å². The number of phenolic OH excluding ortho intramolecular Hbond substituents is 1. The average Bonchev–Trinajstić information content (AvgIpc) is 3.33. The summed E-state index contributed by atoms with van der Waals surface area (Å²) in [6, 6.07) is 1.59. The number of rotatable bonds is 8. The second kappa shape index (κ2) is 8.59. The lowest BCUT2D eigenvalue weighted by molar-refractivity contribution is 0.106. The number of nitrogens with zero attached hydrogens (tertiary/aromatic N) is 4. The monoisotopic (exact) mass is 410 g/mol. The minimum absolute atomic E-state index is 0.0893. The Bertz CT molecular complexity index is 958. The third-order valence-electron chi connectivity index (χ3n) is 4.13. The second-order valence-corrected chi connectivity index (χ2v) is 7.34. The average molecular weight is 410 g/mol. The van der Waals surface area contributed by atoms with Crippen LogP contribution in [0.5, 0.6) is 11.5 Å². The number of aromatic nitrogens is 4. The lowest BCUT2D eigenvalue weighted by atomic mass is 10.0. The highest BCUT2D eigenvalue weighted by molar-refractivity contribution is 7.11. The first-order valence-corrected chi connectivity index (χ1v) is 9.61. The van der Waals surface area contributed by atoms with Gasteiger partial charge in [0.25, 0.3) is 5.89 Å². The van der Waals surface area contributed by atoms with Gasteiger partial charge in [0.2, 0.25) is 5.82 Å². The summed E-state index contributed by atoms with van der Waals surface area (Å²) in [4.78, 5) is 3.63. The van der Waals surface area contributed by atoms with Crippen molar-refractivity contribution in [2.45, 2.75) is 46.5 Å². The van der Waals surface area contributed by atoms with E-state index in [4.69, 9.17) is 4.74 Å². The maximum atomic E-state index is 12.7. The lowest BCUT2D eigenvalue weighted by Gasteiger charge is -2.15. The third kappa shape index (κ3) is 4.27. The van der Waals surface area contributed by atoms with E-state index in [2.05, 4.69) is 24.9 Å². The highest BCUT2D eigenvalue weighted by atomic mass is 32.1. The maximum absolute atomic E-state index is 12.7. The van der Waals surface area contributed by atoms with E-state index < -0.39 is 12.3 Å². The van der Waals surface area contributed by atoms with E-state index in [9.17, 15) is 13.9 Å². The summed E-state index contributed by atoms with van der Waals surface area (Å²) in [5, 5.41) is 24.2. The quantitative estimate of drug-likeness (QED) is 0.549. The predicted molar refractivity (Wildman–Crippen MR) is 98.9 cm³/mol. The SMILES string of the molecule is CCc1nnc(CCCOc2c(C)cc(-c3noc(C(F)F)n3)c(O)c2C)s1. The molecule has 7 nitrogen and oxygen atoms in total. The van der Waals surface area contributed by atoms with E-state index in [1.165, 1.54) is 0 Å². The summed E-state index contributed by atoms with van der Waals surface area (Å²) in [6.07, 6.45) is -0.478. The van der Waals surface area contributed by atoms with Gasteiger partial charge in [-0.3, -0.25) is 0 Å². The van der Waals surface area contributed by atoms with Crippen LogP contribution in [0.2, 0.25) is 0 Å². The lowest BCUT2D eigenvalue weighted by Crippen LogP contribution is -2.03. The molecule has 0 aliphatic carbocycles. The zero-order valence-corrected chi connectivity index (χ0v) is 16.5. The Morgan fingerprint density at radius 3 is 2.64 bits per heavy atom. The van der Waals surface area contributed by atoms with Crippen LogP contribution in [0.15, 0.2) is 10.6 Å². The summed E-state index contributed by atoms with van der Waals surface area (Å²) < 4.78 is 35.7. The van der Waals surface area contributed by atoms with Crippen molar-refractivity contribution < 1.29 is 23.1 Å². The summed E-state index contributed by atoms with van der Waals surface area (Å²) in [5.74, 6) is -0.453. The Morgan fingerprint density at radius 2 is 2.00 bits per heavy atom. The summed E-state index contributed by atoms with van der Waals surface area (Å²) >= 11 is 1.60. The highest BCUT2D eigenvalue weighted by Crippen LogP contribution is 2.39. The van der Waals surface area contributed by atoms with Gasteiger partial charge in [0.05, 0.1) is 12.2 Å². The van der Waals surface area contributed by atoms with Gasteiger partial charge < -0.3 is 14.4 Å². The van der Waals surface area contributed by atoms with E-state index in [-0.39, 0.29) is 17.1 Å². The smallest absolute Gasteiger partial charge is 0.315 e. The molecule has 1 aromatic carbocycles. The molecule has 0 atom stereocenters. The predicted octanol–water partition coefficient (Wildman–Crippen LogP) is 4.42. The van der Waals surface area contributed by atoms with Gasteiger partial charge in [0.15, 0.2) is 0 Å². The Labute approximate surface area is 164 Å². The molecule has 2 heterocycles. The minimum atomic E-state index is -2.87. The van der Waals surface area contributed by atoms with Crippen LogP contribution in [0.4, 0.5) is 8.78 Å². The van der Waals surface area contributed by atoms with Crippen LogP contribution in [0.1, 0.15) is 46.8 Å². The van der Waals surface area contributed by atoms with Crippen molar-refractivity contribution >= 4 is 11.3 Å². The molecule has 0 aliphatic rings. The number of ether oxygens (including phenoxy) is 1. The van der Waals surface area contributed by atoms with Crippen molar-refractivity contribution in [3.05, 3.63) is 33.1 Å². The Morgan fingerprint density at radius 1 is 1.25 bits per heavy atom. The fourth-order valence-corrected chi connectivity index (χ4v) is 3.54. The van der Waals surface area contributed by atoms with Gasteiger partial charge in [-0.1, -0.05) is 12.1 Å². The van der Waals surface area contributed by atoms with Crippen LogP contribution >= 0.6 is 11.3 Å².